The molecular weight excluding hydrogens is 200 g/mol. The molecule has 1 saturated carbocycles. The summed E-state index contributed by atoms with van der Waals surface area (Å²) in [6.07, 6.45) is 3.08. The molecule has 1 aromatic rings. The number of ether oxygens (including phenoxy) is 1. The Balaban J connectivity index is 1.99. The molecule has 16 heavy (non-hydrogen) atoms. The highest BCUT2D eigenvalue weighted by Gasteiger charge is 2.39. The van der Waals surface area contributed by atoms with Crippen LogP contribution in [0.25, 0.3) is 0 Å². The highest BCUT2D eigenvalue weighted by molar-refractivity contribution is 5.28. The molecule has 2 nitrogen and oxygen atoms in total. The first-order valence-corrected chi connectivity index (χ1v) is 6.06. The van der Waals surface area contributed by atoms with Crippen molar-refractivity contribution in [2.24, 2.45) is 5.92 Å². The van der Waals surface area contributed by atoms with Crippen LogP contribution < -0.4 is 4.74 Å². The predicted molar refractivity (Wildman–Crippen MR) is 64.7 cm³/mol. The zero-order chi connectivity index (χ0) is 11.6. The Kier molecular flexibility index (Phi) is 3.20. The summed E-state index contributed by atoms with van der Waals surface area (Å²) in [6, 6.07) is 8.04. The van der Waals surface area contributed by atoms with E-state index in [9.17, 15) is 5.11 Å². The topological polar surface area (TPSA) is 29.5 Å². The van der Waals surface area contributed by atoms with Crippen molar-refractivity contribution in [1.82, 2.24) is 0 Å². The molecule has 0 radical (unpaired) electrons. The van der Waals surface area contributed by atoms with Crippen molar-refractivity contribution in [1.29, 1.82) is 0 Å². The number of aliphatic hydroxyl groups is 1. The molecule has 0 heterocycles. The third-order valence-electron chi connectivity index (χ3n) is 3.25. The van der Waals surface area contributed by atoms with Crippen LogP contribution in [0.1, 0.15) is 32.3 Å². The number of hydrogen-bond donors (Lipinski definition) is 1. The smallest absolute Gasteiger partial charge is 0.119 e. The van der Waals surface area contributed by atoms with Crippen LogP contribution in [0.2, 0.25) is 0 Å². The van der Waals surface area contributed by atoms with E-state index in [1.165, 1.54) is 18.4 Å². The van der Waals surface area contributed by atoms with Gasteiger partial charge in [-0.25, -0.2) is 0 Å². The first-order valence-electron chi connectivity index (χ1n) is 6.06. The zero-order valence-electron chi connectivity index (χ0n) is 10.1. The highest BCUT2D eigenvalue weighted by Crippen LogP contribution is 2.41. The van der Waals surface area contributed by atoms with Gasteiger partial charge < -0.3 is 9.84 Å². The van der Waals surface area contributed by atoms with E-state index in [1.54, 1.807) is 0 Å². The van der Waals surface area contributed by atoms with Crippen molar-refractivity contribution >= 4 is 0 Å². The van der Waals surface area contributed by atoms with Gasteiger partial charge in [0.05, 0.1) is 12.2 Å². The molecule has 0 spiro atoms. The van der Waals surface area contributed by atoms with Gasteiger partial charge in [-0.1, -0.05) is 12.1 Å². The first-order chi connectivity index (χ1) is 7.62. The quantitative estimate of drug-likeness (QED) is 0.826. The number of hydrogen-bond acceptors (Lipinski definition) is 2. The van der Waals surface area contributed by atoms with Crippen molar-refractivity contribution < 1.29 is 9.84 Å². The summed E-state index contributed by atoms with van der Waals surface area (Å²) in [6.45, 7) is 4.62. The van der Waals surface area contributed by atoms with E-state index in [-0.39, 0.29) is 0 Å². The summed E-state index contributed by atoms with van der Waals surface area (Å²) >= 11 is 0. The van der Waals surface area contributed by atoms with E-state index in [1.807, 2.05) is 38.1 Å². The summed E-state index contributed by atoms with van der Waals surface area (Å²) in [7, 11) is 0. The van der Waals surface area contributed by atoms with Crippen molar-refractivity contribution in [2.45, 2.75) is 38.7 Å². The monoisotopic (exact) mass is 220 g/mol. The van der Waals surface area contributed by atoms with Gasteiger partial charge >= 0.3 is 0 Å². The molecule has 0 aliphatic heterocycles. The maximum absolute atomic E-state index is 10.2. The maximum Gasteiger partial charge on any atom is 0.119 e. The van der Waals surface area contributed by atoms with E-state index < -0.39 is 5.60 Å². The van der Waals surface area contributed by atoms with Crippen LogP contribution in [0.15, 0.2) is 24.3 Å². The third kappa shape index (κ3) is 2.76. The molecule has 1 atom stereocenters. The first kappa shape index (κ1) is 11.5. The fraction of sp³-hybridized carbons (Fsp3) is 0.571. The van der Waals surface area contributed by atoms with Gasteiger partial charge in [-0.05, 0) is 50.3 Å². The molecule has 1 N–H and O–H groups in total. The third-order valence-corrected chi connectivity index (χ3v) is 3.25. The van der Waals surface area contributed by atoms with Crippen LogP contribution in [0.4, 0.5) is 0 Å². The summed E-state index contributed by atoms with van der Waals surface area (Å²) in [5.41, 5.74) is 0.646. The van der Waals surface area contributed by atoms with E-state index in [2.05, 4.69) is 0 Å². The molecule has 1 aliphatic carbocycles. The standard InChI is InChI=1S/C14H20O2/c1-3-16-13-8-4-11(5-9-13)10-14(2,15)12-6-7-12/h4-5,8-9,12,15H,3,6-7,10H2,1-2H3. The minimum atomic E-state index is -0.535. The lowest BCUT2D eigenvalue weighted by Crippen LogP contribution is -2.29. The lowest BCUT2D eigenvalue weighted by atomic mass is 9.92. The fourth-order valence-electron chi connectivity index (χ4n) is 2.13. The van der Waals surface area contributed by atoms with E-state index in [4.69, 9.17) is 4.74 Å². The molecule has 0 bridgehead atoms. The second-order valence-corrected chi connectivity index (χ2v) is 4.89. The van der Waals surface area contributed by atoms with Crippen molar-refractivity contribution in [3.05, 3.63) is 29.8 Å². The average molecular weight is 220 g/mol. The minimum Gasteiger partial charge on any atom is -0.494 e. The maximum atomic E-state index is 10.2. The summed E-state index contributed by atoms with van der Waals surface area (Å²) < 4.78 is 5.39. The van der Waals surface area contributed by atoms with Gasteiger partial charge in [-0.3, -0.25) is 0 Å². The van der Waals surface area contributed by atoms with Crippen LogP contribution in [0, 0.1) is 5.92 Å². The second-order valence-electron chi connectivity index (χ2n) is 4.89. The summed E-state index contributed by atoms with van der Waals surface area (Å²) in [4.78, 5) is 0. The number of benzene rings is 1. The van der Waals surface area contributed by atoms with Crippen LogP contribution in [0.3, 0.4) is 0 Å². The average Bonchev–Trinajstić information content (AvgIpc) is 3.04. The summed E-state index contributed by atoms with van der Waals surface area (Å²) in [5, 5.41) is 10.2. The SMILES string of the molecule is CCOc1ccc(CC(C)(O)C2CC2)cc1. The van der Waals surface area contributed by atoms with Crippen molar-refractivity contribution in [3.8, 4) is 5.75 Å². The Morgan fingerprint density at radius 3 is 2.44 bits per heavy atom. The van der Waals surface area contributed by atoms with Gasteiger partial charge in [-0.2, -0.15) is 0 Å². The molecule has 1 aromatic carbocycles. The predicted octanol–water partition coefficient (Wildman–Crippen LogP) is 2.79. The molecule has 1 aliphatic rings. The Bertz CT molecular complexity index is 336. The van der Waals surface area contributed by atoms with Crippen LogP contribution in [-0.4, -0.2) is 17.3 Å². The van der Waals surface area contributed by atoms with Gasteiger partial charge in [0.15, 0.2) is 0 Å². The van der Waals surface area contributed by atoms with Gasteiger partial charge in [0, 0.05) is 6.42 Å². The highest BCUT2D eigenvalue weighted by atomic mass is 16.5. The molecule has 2 heteroatoms. The summed E-state index contributed by atoms with van der Waals surface area (Å²) in [5.74, 6) is 1.40. The van der Waals surface area contributed by atoms with Crippen LogP contribution in [0.5, 0.6) is 5.75 Å². The second kappa shape index (κ2) is 4.46. The number of rotatable bonds is 5. The molecule has 0 aromatic heterocycles. The zero-order valence-corrected chi connectivity index (χ0v) is 10.1. The van der Waals surface area contributed by atoms with Gasteiger partial charge in [0.1, 0.15) is 5.75 Å². The Morgan fingerprint density at radius 2 is 1.94 bits per heavy atom. The lowest BCUT2D eigenvalue weighted by Gasteiger charge is -2.23. The molecular formula is C14H20O2. The minimum absolute atomic E-state index is 0.499. The molecule has 0 amide bonds. The largest absolute Gasteiger partial charge is 0.494 e. The Labute approximate surface area is 97.3 Å². The molecule has 0 saturated heterocycles. The fourth-order valence-corrected chi connectivity index (χ4v) is 2.13. The molecule has 2 rings (SSSR count). The Morgan fingerprint density at radius 1 is 1.31 bits per heavy atom. The van der Waals surface area contributed by atoms with Crippen molar-refractivity contribution in [3.63, 3.8) is 0 Å². The van der Waals surface area contributed by atoms with Gasteiger partial charge in [-0.15, -0.1) is 0 Å². The van der Waals surface area contributed by atoms with Crippen molar-refractivity contribution in [2.75, 3.05) is 6.61 Å². The Hall–Kier alpha value is -1.02. The molecule has 88 valence electrons. The van der Waals surface area contributed by atoms with Crippen LogP contribution >= 0.6 is 0 Å². The van der Waals surface area contributed by atoms with Crippen LogP contribution in [-0.2, 0) is 6.42 Å². The van der Waals surface area contributed by atoms with E-state index >= 15 is 0 Å². The van der Waals surface area contributed by atoms with Gasteiger partial charge in [0.25, 0.3) is 0 Å². The van der Waals surface area contributed by atoms with E-state index in [0.29, 0.717) is 12.5 Å². The van der Waals surface area contributed by atoms with Gasteiger partial charge in [0.2, 0.25) is 0 Å². The van der Waals surface area contributed by atoms with E-state index in [0.717, 1.165) is 12.2 Å². The lowest BCUT2D eigenvalue weighted by molar-refractivity contribution is 0.0372. The molecule has 1 fully saturated rings. The molecule has 1 unspecified atom stereocenters. The normalized spacial score (nSPS) is 19.2.